The molecule has 1 aliphatic carbocycles. The normalized spacial score (nSPS) is 25.4. The van der Waals surface area contributed by atoms with Crippen LogP contribution in [0.15, 0.2) is 22.4 Å². The van der Waals surface area contributed by atoms with Gasteiger partial charge in [0, 0.05) is 21.6 Å². The first-order valence-electron chi connectivity index (χ1n) is 3.20. The van der Waals surface area contributed by atoms with Crippen molar-refractivity contribution in [1.29, 1.82) is 0 Å². The fraction of sp³-hybridized carbons (Fsp3) is 0.429. The average Bonchev–Trinajstić information content (AvgIpc) is 1.96. The maximum Gasteiger partial charge on any atom is 0.0572 e. The van der Waals surface area contributed by atoms with Crippen LogP contribution in [-0.2, 0) is 0 Å². The Balaban J connectivity index is 2.90. The van der Waals surface area contributed by atoms with Gasteiger partial charge in [0.1, 0.15) is 0 Å². The van der Waals surface area contributed by atoms with Gasteiger partial charge in [-0.1, -0.05) is 40.3 Å². The van der Waals surface area contributed by atoms with Gasteiger partial charge in [-0.25, -0.2) is 0 Å². The van der Waals surface area contributed by atoms with E-state index in [1.165, 1.54) is 0 Å². The van der Waals surface area contributed by atoms with Crippen LogP contribution in [0.1, 0.15) is 6.42 Å². The third-order valence-corrected chi connectivity index (χ3v) is 3.00. The highest BCUT2D eigenvalue weighted by molar-refractivity contribution is 14.1. The molecule has 0 heterocycles. The zero-order valence-corrected chi connectivity index (χ0v) is 9.45. The molecule has 0 saturated heterocycles. The van der Waals surface area contributed by atoms with Crippen molar-refractivity contribution in [3.05, 3.63) is 22.4 Å². The average molecular weight is 304 g/mol. The lowest BCUT2D eigenvalue weighted by molar-refractivity contribution is 0.974. The molecule has 1 rings (SSSR count). The Morgan fingerprint density at radius 3 is 2.91 bits per heavy atom. The van der Waals surface area contributed by atoms with E-state index in [1.807, 2.05) is 6.08 Å². The lowest BCUT2D eigenvalue weighted by atomic mass is 10.1. The van der Waals surface area contributed by atoms with Crippen LogP contribution in [0.25, 0.3) is 0 Å². The summed E-state index contributed by atoms with van der Waals surface area (Å²) in [6, 6.07) is 0. The monoisotopic (exact) mass is 303 g/mol. The SMILES string of the molecule is NC1=C(Cl)CC(Cl)C=C1CI. The highest BCUT2D eigenvalue weighted by Gasteiger charge is 2.16. The van der Waals surface area contributed by atoms with Crippen LogP contribution >= 0.6 is 45.8 Å². The Morgan fingerprint density at radius 2 is 2.36 bits per heavy atom. The molecule has 0 aliphatic heterocycles. The van der Waals surface area contributed by atoms with Gasteiger partial charge in [0.15, 0.2) is 0 Å². The second kappa shape index (κ2) is 4.01. The minimum atomic E-state index is 0.0135. The van der Waals surface area contributed by atoms with Gasteiger partial charge in [-0.2, -0.15) is 0 Å². The molecule has 0 amide bonds. The van der Waals surface area contributed by atoms with Crippen molar-refractivity contribution in [2.24, 2.45) is 5.73 Å². The number of rotatable bonds is 1. The third kappa shape index (κ3) is 2.26. The molecule has 4 heteroatoms. The summed E-state index contributed by atoms with van der Waals surface area (Å²) in [5, 5.41) is 0.707. The molecule has 1 nitrogen and oxygen atoms in total. The highest BCUT2D eigenvalue weighted by atomic mass is 127. The van der Waals surface area contributed by atoms with Gasteiger partial charge in [0.2, 0.25) is 0 Å². The maximum atomic E-state index is 5.90. The Morgan fingerprint density at radius 1 is 1.73 bits per heavy atom. The number of allylic oxidation sites excluding steroid dienone is 3. The molecule has 0 radical (unpaired) electrons. The molecule has 11 heavy (non-hydrogen) atoms. The Kier molecular flexibility index (Phi) is 3.52. The number of alkyl halides is 2. The fourth-order valence-electron chi connectivity index (χ4n) is 0.939. The Labute approximate surface area is 89.8 Å². The molecule has 0 saturated carbocycles. The molecular formula is C7H8Cl2IN. The van der Waals surface area contributed by atoms with Gasteiger partial charge < -0.3 is 5.73 Å². The zero-order valence-electron chi connectivity index (χ0n) is 5.78. The number of nitrogens with two attached hydrogens (primary N) is 1. The molecule has 0 aromatic heterocycles. The van der Waals surface area contributed by atoms with Crippen LogP contribution in [0.2, 0.25) is 0 Å². The first kappa shape index (κ1) is 9.68. The van der Waals surface area contributed by atoms with E-state index < -0.39 is 0 Å². The van der Waals surface area contributed by atoms with Crippen LogP contribution < -0.4 is 5.73 Å². The zero-order chi connectivity index (χ0) is 8.43. The summed E-state index contributed by atoms with van der Waals surface area (Å²) >= 11 is 14.0. The number of hydrogen-bond acceptors (Lipinski definition) is 1. The topological polar surface area (TPSA) is 26.0 Å². The molecule has 1 unspecified atom stereocenters. The van der Waals surface area contributed by atoms with E-state index in [4.69, 9.17) is 28.9 Å². The van der Waals surface area contributed by atoms with Crippen molar-refractivity contribution in [1.82, 2.24) is 0 Å². The molecule has 2 N–H and O–H groups in total. The van der Waals surface area contributed by atoms with Gasteiger partial charge in [0.25, 0.3) is 0 Å². The van der Waals surface area contributed by atoms with Crippen LogP contribution in [0.4, 0.5) is 0 Å². The lowest BCUT2D eigenvalue weighted by Crippen LogP contribution is -2.13. The second-order valence-corrected chi connectivity index (χ2v) is 4.14. The smallest absolute Gasteiger partial charge is 0.0572 e. The predicted octanol–water partition coefficient (Wildman–Crippen LogP) is 2.77. The van der Waals surface area contributed by atoms with E-state index in [1.54, 1.807) is 0 Å². The van der Waals surface area contributed by atoms with Crippen molar-refractivity contribution >= 4 is 45.8 Å². The van der Waals surface area contributed by atoms with Gasteiger partial charge in [0.05, 0.1) is 5.38 Å². The van der Waals surface area contributed by atoms with Crippen molar-refractivity contribution in [3.63, 3.8) is 0 Å². The Bertz CT molecular complexity index is 222. The Hall–Kier alpha value is 0.590. The van der Waals surface area contributed by atoms with Gasteiger partial charge in [-0.15, -0.1) is 11.6 Å². The van der Waals surface area contributed by atoms with Crippen LogP contribution in [0, 0.1) is 0 Å². The molecule has 62 valence electrons. The van der Waals surface area contributed by atoms with Crippen molar-refractivity contribution in [3.8, 4) is 0 Å². The van der Waals surface area contributed by atoms with E-state index in [0.717, 1.165) is 10.0 Å². The standard InChI is InChI=1S/C7H8Cl2IN/c8-5-1-4(3-10)7(11)6(9)2-5/h1,5H,2-3,11H2. The lowest BCUT2D eigenvalue weighted by Gasteiger charge is -2.16. The summed E-state index contributed by atoms with van der Waals surface area (Å²) in [6.45, 7) is 0. The number of hydrogen-bond donors (Lipinski definition) is 1. The van der Waals surface area contributed by atoms with Crippen molar-refractivity contribution in [2.75, 3.05) is 4.43 Å². The van der Waals surface area contributed by atoms with Gasteiger partial charge >= 0.3 is 0 Å². The van der Waals surface area contributed by atoms with Crippen molar-refractivity contribution < 1.29 is 0 Å². The second-order valence-electron chi connectivity index (χ2n) is 2.36. The summed E-state index contributed by atoms with van der Waals surface area (Å²) in [5.41, 5.74) is 7.47. The van der Waals surface area contributed by atoms with Gasteiger partial charge in [-0.05, 0) is 5.57 Å². The number of halogens is 3. The van der Waals surface area contributed by atoms with E-state index in [0.29, 0.717) is 17.2 Å². The van der Waals surface area contributed by atoms with Crippen molar-refractivity contribution in [2.45, 2.75) is 11.8 Å². The largest absolute Gasteiger partial charge is 0.398 e. The minimum Gasteiger partial charge on any atom is -0.398 e. The third-order valence-electron chi connectivity index (χ3n) is 1.54. The van der Waals surface area contributed by atoms with E-state index >= 15 is 0 Å². The summed E-state index contributed by atoms with van der Waals surface area (Å²) < 4.78 is 0.864. The molecule has 0 fully saturated rings. The first-order chi connectivity index (χ1) is 5.15. The minimum absolute atomic E-state index is 0.0135. The fourth-order valence-corrected chi connectivity index (χ4v) is 2.28. The summed E-state index contributed by atoms with van der Waals surface area (Å²) in [6.07, 6.45) is 2.63. The van der Waals surface area contributed by atoms with Gasteiger partial charge in [-0.3, -0.25) is 0 Å². The molecule has 0 bridgehead atoms. The molecule has 0 aromatic rings. The van der Waals surface area contributed by atoms with Crippen LogP contribution in [-0.4, -0.2) is 9.80 Å². The summed E-state index contributed by atoms with van der Waals surface area (Å²) in [4.78, 5) is 0. The molecular weight excluding hydrogens is 296 g/mol. The first-order valence-corrected chi connectivity index (χ1v) is 5.54. The molecule has 1 atom stereocenters. The van der Waals surface area contributed by atoms with E-state index in [-0.39, 0.29) is 5.38 Å². The maximum absolute atomic E-state index is 5.90. The molecule has 0 aromatic carbocycles. The molecule has 0 spiro atoms. The van der Waals surface area contributed by atoms with Crippen LogP contribution in [0.5, 0.6) is 0 Å². The van der Waals surface area contributed by atoms with Crippen LogP contribution in [0.3, 0.4) is 0 Å². The van der Waals surface area contributed by atoms with E-state index in [9.17, 15) is 0 Å². The summed E-state index contributed by atoms with van der Waals surface area (Å²) in [5.74, 6) is 0. The summed E-state index contributed by atoms with van der Waals surface area (Å²) in [7, 11) is 0. The van der Waals surface area contributed by atoms with E-state index in [2.05, 4.69) is 22.6 Å². The molecule has 1 aliphatic rings. The highest BCUT2D eigenvalue weighted by Crippen LogP contribution is 2.28. The predicted molar refractivity (Wildman–Crippen MR) is 58.3 cm³/mol. The quantitative estimate of drug-likeness (QED) is 0.585.